The van der Waals surface area contributed by atoms with Gasteiger partial charge in [0.25, 0.3) is 0 Å². The van der Waals surface area contributed by atoms with Gasteiger partial charge in [-0.05, 0) is 13.8 Å². The number of hydrogen-bond acceptors (Lipinski definition) is 3. The summed E-state index contributed by atoms with van der Waals surface area (Å²) < 4.78 is 2.09. The number of nitrogens with one attached hydrogen (secondary N) is 1. The molecule has 0 aliphatic rings. The summed E-state index contributed by atoms with van der Waals surface area (Å²) in [6.07, 6.45) is 1.83. The molecule has 0 radical (unpaired) electrons. The van der Waals surface area contributed by atoms with Gasteiger partial charge in [0.05, 0.1) is 6.54 Å². The first-order chi connectivity index (χ1) is 6.29. The fraction of sp³-hybridized carbons (Fsp3) is 0.556. The normalized spacial score (nSPS) is 10.3. The lowest BCUT2D eigenvalue weighted by Gasteiger charge is -2.04. The zero-order valence-corrected chi connectivity index (χ0v) is 8.25. The Kier molecular flexibility index (Phi) is 3.64. The molecule has 0 spiro atoms. The van der Waals surface area contributed by atoms with Gasteiger partial charge in [-0.2, -0.15) is 0 Å². The minimum absolute atomic E-state index is 0.751. The summed E-state index contributed by atoms with van der Waals surface area (Å²) in [6, 6.07) is 0. The third-order valence-electron chi connectivity index (χ3n) is 1.90. The SMILES string of the molecule is C=CCNCc1nnc(C)n1CC. The molecule has 0 bridgehead atoms. The average Bonchev–Trinajstić information content (AvgIpc) is 2.47. The Morgan fingerprint density at radius 2 is 2.31 bits per heavy atom. The van der Waals surface area contributed by atoms with E-state index in [0.29, 0.717) is 0 Å². The Labute approximate surface area is 78.7 Å². The van der Waals surface area contributed by atoms with E-state index in [4.69, 9.17) is 0 Å². The van der Waals surface area contributed by atoms with Crippen LogP contribution >= 0.6 is 0 Å². The van der Waals surface area contributed by atoms with Crippen molar-refractivity contribution in [2.24, 2.45) is 0 Å². The van der Waals surface area contributed by atoms with Crippen molar-refractivity contribution in [3.63, 3.8) is 0 Å². The highest BCUT2D eigenvalue weighted by molar-refractivity contribution is 4.93. The summed E-state index contributed by atoms with van der Waals surface area (Å²) >= 11 is 0. The smallest absolute Gasteiger partial charge is 0.146 e. The second-order valence-electron chi connectivity index (χ2n) is 2.83. The number of nitrogens with zero attached hydrogens (tertiary/aromatic N) is 3. The van der Waals surface area contributed by atoms with E-state index in [9.17, 15) is 0 Å². The monoisotopic (exact) mass is 180 g/mol. The molecule has 4 heteroatoms. The van der Waals surface area contributed by atoms with E-state index in [2.05, 4.69) is 33.6 Å². The van der Waals surface area contributed by atoms with Crippen molar-refractivity contribution in [3.8, 4) is 0 Å². The molecule has 0 unspecified atom stereocenters. The minimum atomic E-state index is 0.751. The van der Waals surface area contributed by atoms with Crippen molar-refractivity contribution in [1.82, 2.24) is 20.1 Å². The molecule has 0 saturated carbocycles. The Balaban J connectivity index is 2.59. The highest BCUT2D eigenvalue weighted by atomic mass is 15.3. The number of hydrogen-bond donors (Lipinski definition) is 1. The van der Waals surface area contributed by atoms with Gasteiger partial charge in [0.15, 0.2) is 0 Å². The number of aryl methyl sites for hydroxylation is 1. The molecule has 0 aliphatic carbocycles. The molecule has 4 nitrogen and oxygen atoms in total. The van der Waals surface area contributed by atoms with Gasteiger partial charge in [0.1, 0.15) is 11.6 Å². The predicted molar refractivity (Wildman–Crippen MR) is 52.3 cm³/mol. The van der Waals surface area contributed by atoms with Crippen LogP contribution in [0.1, 0.15) is 18.6 Å². The second kappa shape index (κ2) is 4.77. The summed E-state index contributed by atoms with van der Waals surface area (Å²) in [5, 5.41) is 11.3. The van der Waals surface area contributed by atoms with E-state index in [1.165, 1.54) is 0 Å². The quantitative estimate of drug-likeness (QED) is 0.540. The van der Waals surface area contributed by atoms with Crippen LogP contribution in [0.25, 0.3) is 0 Å². The van der Waals surface area contributed by atoms with Gasteiger partial charge in [0, 0.05) is 13.1 Å². The van der Waals surface area contributed by atoms with Crippen molar-refractivity contribution < 1.29 is 0 Å². The maximum absolute atomic E-state index is 4.07. The van der Waals surface area contributed by atoms with Crippen LogP contribution in [0.2, 0.25) is 0 Å². The van der Waals surface area contributed by atoms with Gasteiger partial charge in [-0.1, -0.05) is 6.08 Å². The van der Waals surface area contributed by atoms with Crippen LogP contribution in [0, 0.1) is 6.92 Å². The van der Waals surface area contributed by atoms with E-state index >= 15 is 0 Å². The van der Waals surface area contributed by atoms with E-state index < -0.39 is 0 Å². The molecular weight excluding hydrogens is 164 g/mol. The molecule has 13 heavy (non-hydrogen) atoms. The molecule has 0 amide bonds. The molecule has 1 aromatic heterocycles. The van der Waals surface area contributed by atoms with Crippen LogP contribution in [-0.2, 0) is 13.1 Å². The first-order valence-electron chi connectivity index (χ1n) is 4.49. The molecule has 1 N–H and O–H groups in total. The summed E-state index contributed by atoms with van der Waals surface area (Å²) in [7, 11) is 0. The lowest BCUT2D eigenvalue weighted by atomic mass is 10.5. The topological polar surface area (TPSA) is 42.7 Å². The zero-order chi connectivity index (χ0) is 9.68. The maximum atomic E-state index is 4.07. The van der Waals surface area contributed by atoms with E-state index in [1.54, 1.807) is 0 Å². The Bertz CT molecular complexity index is 277. The lowest BCUT2D eigenvalue weighted by Crippen LogP contribution is -2.17. The highest BCUT2D eigenvalue weighted by Gasteiger charge is 2.04. The molecule has 72 valence electrons. The van der Waals surface area contributed by atoms with Crippen LogP contribution in [0.4, 0.5) is 0 Å². The Morgan fingerprint density at radius 3 is 2.92 bits per heavy atom. The molecular formula is C9H16N4. The first kappa shape index (κ1) is 9.92. The first-order valence-corrected chi connectivity index (χ1v) is 4.49. The minimum Gasteiger partial charge on any atom is -0.314 e. The highest BCUT2D eigenvalue weighted by Crippen LogP contribution is 1.99. The van der Waals surface area contributed by atoms with Crippen LogP contribution < -0.4 is 5.32 Å². The summed E-state index contributed by atoms with van der Waals surface area (Å²) in [5.74, 6) is 1.96. The van der Waals surface area contributed by atoms with Gasteiger partial charge < -0.3 is 9.88 Å². The van der Waals surface area contributed by atoms with Crippen molar-refractivity contribution >= 4 is 0 Å². The van der Waals surface area contributed by atoms with Crippen LogP contribution in [0.15, 0.2) is 12.7 Å². The zero-order valence-electron chi connectivity index (χ0n) is 8.25. The maximum Gasteiger partial charge on any atom is 0.146 e. The third kappa shape index (κ3) is 2.39. The van der Waals surface area contributed by atoms with E-state index in [0.717, 1.165) is 31.3 Å². The van der Waals surface area contributed by atoms with E-state index in [-0.39, 0.29) is 0 Å². The van der Waals surface area contributed by atoms with Crippen molar-refractivity contribution in [3.05, 3.63) is 24.3 Å². The lowest BCUT2D eigenvalue weighted by molar-refractivity contribution is 0.630. The average molecular weight is 180 g/mol. The molecule has 0 aliphatic heterocycles. The molecule has 1 aromatic rings. The number of aromatic nitrogens is 3. The summed E-state index contributed by atoms with van der Waals surface area (Å²) in [6.45, 7) is 10.2. The fourth-order valence-electron chi connectivity index (χ4n) is 1.25. The summed E-state index contributed by atoms with van der Waals surface area (Å²) in [4.78, 5) is 0. The van der Waals surface area contributed by atoms with Crippen LogP contribution in [0.5, 0.6) is 0 Å². The van der Waals surface area contributed by atoms with Gasteiger partial charge in [0.2, 0.25) is 0 Å². The van der Waals surface area contributed by atoms with Gasteiger partial charge in [-0.3, -0.25) is 0 Å². The second-order valence-corrected chi connectivity index (χ2v) is 2.83. The number of rotatable bonds is 5. The van der Waals surface area contributed by atoms with Gasteiger partial charge in [-0.25, -0.2) is 0 Å². The van der Waals surface area contributed by atoms with Crippen LogP contribution in [0.3, 0.4) is 0 Å². The molecule has 1 heterocycles. The molecule has 1 rings (SSSR count). The molecule has 0 saturated heterocycles. The standard InChI is InChI=1S/C9H16N4/c1-4-6-10-7-9-12-11-8(3)13(9)5-2/h4,10H,1,5-7H2,2-3H3. The molecule has 0 fully saturated rings. The molecule has 0 atom stereocenters. The van der Waals surface area contributed by atoms with Crippen molar-refractivity contribution in [2.75, 3.05) is 6.54 Å². The Morgan fingerprint density at radius 1 is 1.54 bits per heavy atom. The molecule has 0 aromatic carbocycles. The van der Waals surface area contributed by atoms with Crippen molar-refractivity contribution in [1.29, 1.82) is 0 Å². The van der Waals surface area contributed by atoms with Crippen molar-refractivity contribution in [2.45, 2.75) is 26.9 Å². The predicted octanol–water partition coefficient (Wildman–Crippen LogP) is 0.882. The van der Waals surface area contributed by atoms with Gasteiger partial charge >= 0.3 is 0 Å². The largest absolute Gasteiger partial charge is 0.314 e. The Hall–Kier alpha value is -1.16. The van der Waals surface area contributed by atoms with Gasteiger partial charge in [-0.15, -0.1) is 16.8 Å². The fourth-order valence-corrected chi connectivity index (χ4v) is 1.25. The van der Waals surface area contributed by atoms with Crippen LogP contribution in [-0.4, -0.2) is 21.3 Å². The third-order valence-corrected chi connectivity index (χ3v) is 1.90. The summed E-state index contributed by atoms with van der Waals surface area (Å²) in [5.41, 5.74) is 0. The van der Waals surface area contributed by atoms with E-state index in [1.807, 2.05) is 13.0 Å².